The summed E-state index contributed by atoms with van der Waals surface area (Å²) in [7, 11) is 0. The van der Waals surface area contributed by atoms with E-state index in [9.17, 15) is 4.79 Å². The predicted molar refractivity (Wildman–Crippen MR) is 97.8 cm³/mol. The number of nitrogens with zero attached hydrogens (tertiary/aromatic N) is 1. The minimum atomic E-state index is 0.00837. The van der Waals surface area contributed by atoms with Gasteiger partial charge in [0.1, 0.15) is 0 Å². The topological polar surface area (TPSA) is 20.3 Å². The Hall–Kier alpha value is -1.31. The highest BCUT2D eigenvalue weighted by Gasteiger charge is 2.62. The van der Waals surface area contributed by atoms with Gasteiger partial charge in [-0.2, -0.15) is 0 Å². The highest BCUT2D eigenvalue weighted by molar-refractivity contribution is 5.81. The van der Waals surface area contributed by atoms with E-state index in [1.165, 1.54) is 42.4 Å². The standard InChI is InChI=1S/C22H31NO/c1-4-5-8-18-16(3)14-22-19-10-9-15(2)12-17(19)7-6-11-23(22)21(24)13-20(18)22/h9-10,12,16,18,20H,4-8,11,13-14H2,1-3H3/t16-,18+,20-,22?/m0/s1. The van der Waals surface area contributed by atoms with Crippen LogP contribution in [-0.2, 0) is 16.8 Å². The minimum absolute atomic E-state index is 0.00837. The first-order chi connectivity index (χ1) is 11.6. The number of carbonyl (C=O) groups excluding carboxylic acids is 1. The zero-order chi connectivity index (χ0) is 16.9. The van der Waals surface area contributed by atoms with E-state index < -0.39 is 0 Å². The molecular formula is C22H31NO. The number of fused-ring (bicyclic) bond motifs is 1. The van der Waals surface area contributed by atoms with Crippen molar-refractivity contribution in [2.75, 3.05) is 6.54 Å². The Labute approximate surface area is 146 Å². The van der Waals surface area contributed by atoms with Gasteiger partial charge < -0.3 is 4.90 Å². The van der Waals surface area contributed by atoms with Crippen LogP contribution in [0.1, 0.15) is 69.1 Å². The summed E-state index contributed by atoms with van der Waals surface area (Å²) in [5, 5.41) is 0. The van der Waals surface area contributed by atoms with Crippen molar-refractivity contribution >= 4 is 5.91 Å². The Bertz CT molecular complexity index is 651. The molecule has 2 heterocycles. The Morgan fingerprint density at radius 2 is 2.17 bits per heavy atom. The van der Waals surface area contributed by atoms with Crippen molar-refractivity contribution in [1.29, 1.82) is 0 Å². The number of aryl methyl sites for hydroxylation is 2. The summed E-state index contributed by atoms with van der Waals surface area (Å²) in [4.78, 5) is 15.2. The van der Waals surface area contributed by atoms with Gasteiger partial charge in [-0.15, -0.1) is 0 Å². The third-order valence-corrected chi connectivity index (χ3v) is 7.12. The lowest BCUT2D eigenvalue weighted by Gasteiger charge is -2.39. The summed E-state index contributed by atoms with van der Waals surface area (Å²) in [6.07, 6.45) is 8.06. The number of benzene rings is 1. The number of amides is 1. The van der Waals surface area contributed by atoms with Crippen molar-refractivity contribution in [3.8, 4) is 0 Å². The molecule has 2 nitrogen and oxygen atoms in total. The number of hydrogen-bond donors (Lipinski definition) is 0. The first-order valence-electron chi connectivity index (χ1n) is 9.98. The molecule has 1 saturated heterocycles. The lowest BCUT2D eigenvalue weighted by molar-refractivity contribution is -0.131. The number of rotatable bonds is 3. The second-order valence-corrected chi connectivity index (χ2v) is 8.53. The quantitative estimate of drug-likeness (QED) is 0.779. The number of hydrogen-bond acceptors (Lipinski definition) is 1. The van der Waals surface area contributed by atoms with E-state index in [1.54, 1.807) is 0 Å². The average molecular weight is 325 g/mol. The normalized spacial score (nSPS) is 34.7. The second kappa shape index (κ2) is 5.89. The van der Waals surface area contributed by atoms with Crippen LogP contribution in [0.5, 0.6) is 0 Å². The summed E-state index contributed by atoms with van der Waals surface area (Å²) in [6, 6.07) is 7.02. The maximum absolute atomic E-state index is 12.9. The van der Waals surface area contributed by atoms with E-state index in [-0.39, 0.29) is 5.54 Å². The van der Waals surface area contributed by atoms with Gasteiger partial charge in [0.25, 0.3) is 0 Å². The fourth-order valence-electron chi connectivity index (χ4n) is 6.18. The van der Waals surface area contributed by atoms with E-state index in [4.69, 9.17) is 0 Å². The van der Waals surface area contributed by atoms with Crippen LogP contribution in [0.4, 0.5) is 0 Å². The third kappa shape index (κ3) is 2.18. The van der Waals surface area contributed by atoms with Crippen LogP contribution in [0.2, 0.25) is 0 Å². The molecule has 3 aliphatic rings. The molecular weight excluding hydrogens is 294 g/mol. The molecule has 2 heteroatoms. The van der Waals surface area contributed by atoms with Crippen LogP contribution >= 0.6 is 0 Å². The molecule has 1 saturated carbocycles. The molecule has 0 aromatic heterocycles. The van der Waals surface area contributed by atoms with Crippen LogP contribution in [0.25, 0.3) is 0 Å². The molecule has 1 aromatic carbocycles. The van der Waals surface area contributed by atoms with E-state index in [0.717, 1.165) is 31.7 Å². The summed E-state index contributed by atoms with van der Waals surface area (Å²) in [5.41, 5.74) is 4.37. The molecule has 4 atom stereocenters. The molecule has 1 aliphatic carbocycles. The van der Waals surface area contributed by atoms with Gasteiger partial charge >= 0.3 is 0 Å². The molecule has 130 valence electrons. The van der Waals surface area contributed by atoms with E-state index in [0.29, 0.717) is 17.7 Å². The first kappa shape index (κ1) is 16.2. The van der Waals surface area contributed by atoms with Crippen molar-refractivity contribution in [1.82, 2.24) is 4.90 Å². The van der Waals surface area contributed by atoms with E-state index >= 15 is 0 Å². The molecule has 1 amide bonds. The summed E-state index contributed by atoms with van der Waals surface area (Å²) >= 11 is 0. The lowest BCUT2D eigenvalue weighted by Crippen LogP contribution is -2.44. The van der Waals surface area contributed by atoms with Gasteiger partial charge in [-0.25, -0.2) is 0 Å². The third-order valence-electron chi connectivity index (χ3n) is 7.12. The minimum Gasteiger partial charge on any atom is -0.333 e. The van der Waals surface area contributed by atoms with E-state index in [2.05, 4.69) is 43.9 Å². The molecule has 0 N–H and O–H groups in total. The Kier molecular flexibility index (Phi) is 3.97. The molecule has 0 bridgehead atoms. The Balaban J connectivity index is 1.83. The predicted octanol–water partition coefficient (Wildman–Crippen LogP) is 4.83. The van der Waals surface area contributed by atoms with Crippen molar-refractivity contribution in [2.24, 2.45) is 17.8 Å². The molecule has 24 heavy (non-hydrogen) atoms. The van der Waals surface area contributed by atoms with Gasteiger partial charge in [-0.1, -0.05) is 50.5 Å². The smallest absolute Gasteiger partial charge is 0.223 e. The Morgan fingerprint density at radius 1 is 1.33 bits per heavy atom. The summed E-state index contributed by atoms with van der Waals surface area (Å²) < 4.78 is 0. The molecule has 0 radical (unpaired) electrons. The molecule has 1 spiro atoms. The fourth-order valence-corrected chi connectivity index (χ4v) is 6.18. The van der Waals surface area contributed by atoms with Crippen LogP contribution < -0.4 is 0 Å². The van der Waals surface area contributed by atoms with Gasteiger partial charge in [0.05, 0.1) is 5.54 Å². The summed E-state index contributed by atoms with van der Waals surface area (Å²) in [6.45, 7) is 7.87. The van der Waals surface area contributed by atoms with Crippen molar-refractivity contribution < 1.29 is 4.79 Å². The van der Waals surface area contributed by atoms with Gasteiger partial charge in [0.15, 0.2) is 0 Å². The number of unbranched alkanes of at least 4 members (excludes halogenated alkanes) is 1. The van der Waals surface area contributed by atoms with Crippen LogP contribution in [0.15, 0.2) is 18.2 Å². The largest absolute Gasteiger partial charge is 0.333 e. The SMILES string of the molecule is CCCC[C@@H]1[C@@H](C)CC23c4ccc(C)cc4CCCN2C(=O)C[C@@H]13. The molecule has 1 aromatic rings. The molecule has 4 rings (SSSR count). The highest BCUT2D eigenvalue weighted by atomic mass is 16.2. The van der Waals surface area contributed by atoms with Crippen LogP contribution in [-0.4, -0.2) is 17.4 Å². The van der Waals surface area contributed by atoms with Crippen LogP contribution in [0, 0.1) is 24.7 Å². The average Bonchev–Trinajstić information content (AvgIpc) is 2.89. The maximum atomic E-state index is 12.9. The highest BCUT2D eigenvalue weighted by Crippen LogP contribution is 2.61. The zero-order valence-electron chi connectivity index (χ0n) is 15.5. The van der Waals surface area contributed by atoms with E-state index in [1.807, 2.05) is 0 Å². The van der Waals surface area contributed by atoms with Gasteiger partial charge in [-0.05, 0) is 61.5 Å². The van der Waals surface area contributed by atoms with Crippen molar-refractivity contribution in [2.45, 2.75) is 71.3 Å². The first-order valence-corrected chi connectivity index (χ1v) is 9.98. The molecule has 2 fully saturated rings. The maximum Gasteiger partial charge on any atom is 0.223 e. The van der Waals surface area contributed by atoms with Crippen molar-refractivity contribution in [3.63, 3.8) is 0 Å². The van der Waals surface area contributed by atoms with Gasteiger partial charge in [-0.3, -0.25) is 4.79 Å². The summed E-state index contributed by atoms with van der Waals surface area (Å²) in [5.74, 6) is 2.39. The van der Waals surface area contributed by atoms with Gasteiger partial charge in [0, 0.05) is 13.0 Å². The number of carbonyl (C=O) groups is 1. The van der Waals surface area contributed by atoms with Gasteiger partial charge in [0.2, 0.25) is 5.91 Å². The van der Waals surface area contributed by atoms with Crippen molar-refractivity contribution in [3.05, 3.63) is 34.9 Å². The second-order valence-electron chi connectivity index (χ2n) is 8.53. The Morgan fingerprint density at radius 3 is 2.96 bits per heavy atom. The molecule has 1 unspecified atom stereocenters. The fraction of sp³-hybridized carbons (Fsp3) is 0.682. The lowest BCUT2D eigenvalue weighted by atomic mass is 9.75. The zero-order valence-corrected chi connectivity index (χ0v) is 15.5. The van der Waals surface area contributed by atoms with Crippen LogP contribution in [0.3, 0.4) is 0 Å². The monoisotopic (exact) mass is 325 g/mol. The molecule has 2 aliphatic heterocycles.